The van der Waals surface area contributed by atoms with Crippen molar-refractivity contribution in [3.63, 3.8) is 0 Å². The van der Waals surface area contributed by atoms with Gasteiger partial charge in [0.2, 0.25) is 10.0 Å². The molecule has 0 bridgehead atoms. The van der Waals surface area contributed by atoms with Crippen LogP contribution in [-0.4, -0.2) is 31.7 Å². The van der Waals surface area contributed by atoms with Gasteiger partial charge in [-0.3, -0.25) is 4.79 Å². The number of hydrogen-bond donors (Lipinski definition) is 1. The zero-order valence-corrected chi connectivity index (χ0v) is 16.6. The molecule has 0 aromatic heterocycles. The fourth-order valence-corrected chi connectivity index (χ4v) is 4.65. The largest absolute Gasteiger partial charge is 0.322 e. The third kappa shape index (κ3) is 4.57. The number of carbonyl (C=O) groups excluding carboxylic acids is 1. The van der Waals surface area contributed by atoms with Gasteiger partial charge in [0.25, 0.3) is 5.91 Å². The number of nitrogens with zero attached hydrogens (tertiary/aromatic N) is 1. The normalized spacial score (nSPS) is 16.2. The molecule has 2 aromatic rings. The van der Waals surface area contributed by atoms with Crippen molar-refractivity contribution in [1.29, 1.82) is 0 Å². The fourth-order valence-electron chi connectivity index (χ4n) is 3.18. The summed E-state index contributed by atoms with van der Waals surface area (Å²) in [6, 6.07) is 13.9. The third-order valence-electron chi connectivity index (χ3n) is 5.12. The molecule has 1 fully saturated rings. The summed E-state index contributed by atoms with van der Waals surface area (Å²) in [6.45, 7) is 5.33. The van der Waals surface area contributed by atoms with Crippen LogP contribution in [0.4, 0.5) is 5.69 Å². The summed E-state index contributed by atoms with van der Waals surface area (Å²) in [4.78, 5) is 12.6. The second kappa shape index (κ2) is 8.23. The molecule has 1 amide bonds. The summed E-state index contributed by atoms with van der Waals surface area (Å²) >= 11 is 0. The molecule has 1 saturated heterocycles. The maximum absolute atomic E-state index is 12.8. The van der Waals surface area contributed by atoms with Crippen LogP contribution in [0, 0.1) is 5.92 Å². The molecular formula is C21H26N2O3S. The minimum atomic E-state index is -3.49. The molecule has 1 aliphatic rings. The summed E-state index contributed by atoms with van der Waals surface area (Å²) < 4.78 is 27.0. The van der Waals surface area contributed by atoms with E-state index in [1.165, 1.54) is 22.0 Å². The molecule has 6 heteroatoms. The second-order valence-corrected chi connectivity index (χ2v) is 9.05. The molecule has 0 atom stereocenters. The average molecular weight is 387 g/mol. The smallest absolute Gasteiger partial charge is 0.255 e. The van der Waals surface area contributed by atoms with Crippen LogP contribution in [0.2, 0.25) is 0 Å². The van der Waals surface area contributed by atoms with Gasteiger partial charge in [0.1, 0.15) is 0 Å². The molecule has 3 rings (SSSR count). The summed E-state index contributed by atoms with van der Waals surface area (Å²) in [7, 11) is -3.49. The average Bonchev–Trinajstić information content (AvgIpc) is 2.69. The molecule has 1 N–H and O–H groups in total. The Morgan fingerprint density at radius 3 is 2.19 bits per heavy atom. The van der Waals surface area contributed by atoms with Crippen LogP contribution < -0.4 is 5.32 Å². The first kappa shape index (κ1) is 19.6. The van der Waals surface area contributed by atoms with Crippen molar-refractivity contribution < 1.29 is 13.2 Å². The van der Waals surface area contributed by atoms with E-state index < -0.39 is 10.0 Å². The van der Waals surface area contributed by atoms with Crippen molar-refractivity contribution in [2.75, 3.05) is 18.4 Å². The van der Waals surface area contributed by atoms with Crippen molar-refractivity contribution in [2.45, 2.75) is 38.0 Å². The molecular weight excluding hydrogens is 360 g/mol. The first-order valence-corrected chi connectivity index (χ1v) is 10.8. The third-order valence-corrected chi connectivity index (χ3v) is 7.03. The Bertz CT molecular complexity index is 882. The molecule has 5 nitrogen and oxygen atoms in total. The molecule has 0 radical (unpaired) electrons. The highest BCUT2D eigenvalue weighted by Crippen LogP contribution is 2.23. The Hall–Kier alpha value is -2.18. The number of sulfonamides is 1. The van der Waals surface area contributed by atoms with Crippen molar-refractivity contribution in [3.05, 3.63) is 59.7 Å². The lowest BCUT2D eigenvalue weighted by atomic mass is 10.0. The SMILES string of the molecule is CCc1ccc(NC(=O)c2ccc(S(=O)(=O)N3CCC(C)CC3)cc2)cc1. The van der Waals surface area contributed by atoms with Crippen LogP contribution in [0.1, 0.15) is 42.6 Å². The number of piperidine rings is 1. The number of nitrogens with one attached hydrogen (secondary N) is 1. The maximum Gasteiger partial charge on any atom is 0.255 e. The number of rotatable bonds is 5. The van der Waals surface area contributed by atoms with Gasteiger partial charge in [-0.05, 0) is 67.1 Å². The molecule has 0 saturated carbocycles. The second-order valence-electron chi connectivity index (χ2n) is 7.12. The molecule has 1 heterocycles. The van der Waals surface area contributed by atoms with Crippen LogP contribution in [0.15, 0.2) is 53.4 Å². The van der Waals surface area contributed by atoms with Crippen LogP contribution in [0.25, 0.3) is 0 Å². The van der Waals surface area contributed by atoms with Gasteiger partial charge in [0.15, 0.2) is 0 Å². The maximum atomic E-state index is 12.8. The lowest BCUT2D eigenvalue weighted by Crippen LogP contribution is -2.37. The number of hydrogen-bond acceptors (Lipinski definition) is 3. The van der Waals surface area contributed by atoms with Crippen molar-refractivity contribution >= 4 is 21.6 Å². The van der Waals surface area contributed by atoms with Gasteiger partial charge >= 0.3 is 0 Å². The highest BCUT2D eigenvalue weighted by atomic mass is 32.2. The molecule has 0 aliphatic carbocycles. The van der Waals surface area contributed by atoms with Crippen molar-refractivity contribution in [3.8, 4) is 0 Å². The zero-order valence-electron chi connectivity index (χ0n) is 15.8. The lowest BCUT2D eigenvalue weighted by Gasteiger charge is -2.29. The quantitative estimate of drug-likeness (QED) is 0.847. The Balaban J connectivity index is 1.69. The van der Waals surface area contributed by atoms with E-state index in [1.54, 1.807) is 12.1 Å². The first-order valence-electron chi connectivity index (χ1n) is 9.40. The predicted octanol–water partition coefficient (Wildman–Crippen LogP) is 3.92. The highest BCUT2D eigenvalue weighted by Gasteiger charge is 2.28. The van der Waals surface area contributed by atoms with E-state index in [1.807, 2.05) is 24.3 Å². The van der Waals surface area contributed by atoms with Crippen LogP contribution in [0.5, 0.6) is 0 Å². The number of anilines is 1. The van der Waals surface area contributed by atoms with Gasteiger partial charge in [0.05, 0.1) is 4.90 Å². The predicted molar refractivity (Wildman–Crippen MR) is 107 cm³/mol. The van der Waals surface area contributed by atoms with Crippen LogP contribution in [-0.2, 0) is 16.4 Å². The Labute approximate surface area is 161 Å². The van der Waals surface area contributed by atoms with E-state index in [9.17, 15) is 13.2 Å². The molecule has 0 spiro atoms. The Morgan fingerprint density at radius 2 is 1.63 bits per heavy atom. The summed E-state index contributed by atoms with van der Waals surface area (Å²) in [5, 5.41) is 2.84. The Morgan fingerprint density at radius 1 is 1.04 bits per heavy atom. The molecule has 0 unspecified atom stereocenters. The van der Waals surface area contributed by atoms with Crippen molar-refractivity contribution in [2.24, 2.45) is 5.92 Å². The number of amides is 1. The number of carbonyl (C=O) groups is 1. The molecule has 144 valence electrons. The lowest BCUT2D eigenvalue weighted by molar-refractivity contribution is 0.102. The molecule has 27 heavy (non-hydrogen) atoms. The van der Waals surface area contributed by atoms with Gasteiger partial charge in [0, 0.05) is 24.3 Å². The summed E-state index contributed by atoms with van der Waals surface area (Å²) in [5.41, 5.74) is 2.35. The summed E-state index contributed by atoms with van der Waals surface area (Å²) in [6.07, 6.45) is 2.72. The Kier molecular flexibility index (Phi) is 5.97. The molecule has 1 aliphatic heterocycles. The van der Waals surface area contributed by atoms with Gasteiger partial charge < -0.3 is 5.32 Å². The van der Waals surface area contributed by atoms with E-state index >= 15 is 0 Å². The number of benzene rings is 2. The van der Waals surface area contributed by atoms with E-state index in [0.717, 1.165) is 24.9 Å². The van der Waals surface area contributed by atoms with Crippen LogP contribution >= 0.6 is 0 Å². The highest BCUT2D eigenvalue weighted by molar-refractivity contribution is 7.89. The van der Waals surface area contributed by atoms with E-state index in [2.05, 4.69) is 19.2 Å². The van der Waals surface area contributed by atoms with Gasteiger partial charge in [-0.25, -0.2) is 8.42 Å². The minimum absolute atomic E-state index is 0.237. The van der Waals surface area contributed by atoms with E-state index in [-0.39, 0.29) is 10.8 Å². The first-order chi connectivity index (χ1) is 12.9. The molecule has 2 aromatic carbocycles. The monoisotopic (exact) mass is 386 g/mol. The topological polar surface area (TPSA) is 66.5 Å². The minimum Gasteiger partial charge on any atom is -0.322 e. The van der Waals surface area contributed by atoms with Gasteiger partial charge in [-0.2, -0.15) is 4.31 Å². The summed E-state index contributed by atoms with van der Waals surface area (Å²) in [5.74, 6) is 0.309. The van der Waals surface area contributed by atoms with Crippen LogP contribution in [0.3, 0.4) is 0 Å². The van der Waals surface area contributed by atoms with E-state index in [0.29, 0.717) is 24.6 Å². The van der Waals surface area contributed by atoms with E-state index in [4.69, 9.17) is 0 Å². The fraction of sp³-hybridized carbons (Fsp3) is 0.381. The number of aryl methyl sites for hydroxylation is 1. The zero-order chi connectivity index (χ0) is 19.4. The van der Waals surface area contributed by atoms with Gasteiger partial charge in [-0.1, -0.05) is 26.0 Å². The van der Waals surface area contributed by atoms with Gasteiger partial charge in [-0.15, -0.1) is 0 Å². The standard InChI is InChI=1S/C21H26N2O3S/c1-3-17-4-8-19(9-5-17)22-21(24)18-6-10-20(11-7-18)27(25,26)23-14-12-16(2)13-15-23/h4-11,16H,3,12-15H2,1-2H3,(H,22,24). The van der Waals surface area contributed by atoms with Crippen molar-refractivity contribution in [1.82, 2.24) is 4.31 Å².